The second-order valence-electron chi connectivity index (χ2n) is 7.23. The fourth-order valence-corrected chi connectivity index (χ4v) is 4.39. The highest BCUT2D eigenvalue weighted by atomic mass is 79.9. The van der Waals surface area contributed by atoms with Crippen LogP contribution in [0.25, 0.3) is 0 Å². The Kier molecular flexibility index (Phi) is 8.64. The highest BCUT2D eigenvalue weighted by Crippen LogP contribution is 2.22. The quantitative estimate of drug-likeness (QED) is 0.562. The Hall–Kier alpha value is -2.39. The molecule has 0 fully saturated rings. The number of hydrogen-bond acceptors (Lipinski definition) is 4. The summed E-state index contributed by atoms with van der Waals surface area (Å²) in [5, 5.41) is 2.60. The first-order valence-electron chi connectivity index (χ1n) is 9.87. The number of hydrogen-bond donors (Lipinski definition) is 1. The van der Waals surface area contributed by atoms with Crippen molar-refractivity contribution in [2.45, 2.75) is 32.9 Å². The van der Waals surface area contributed by atoms with Crippen LogP contribution in [0.4, 0.5) is 5.69 Å². The van der Waals surface area contributed by atoms with E-state index < -0.39 is 28.5 Å². The summed E-state index contributed by atoms with van der Waals surface area (Å²) >= 11 is 3.33. The van der Waals surface area contributed by atoms with Crippen LogP contribution in [0, 0.1) is 6.92 Å². The summed E-state index contributed by atoms with van der Waals surface area (Å²) < 4.78 is 26.8. The number of nitrogens with zero attached hydrogens (tertiary/aromatic N) is 2. The summed E-state index contributed by atoms with van der Waals surface area (Å²) in [6.07, 6.45) is 1.46. The van der Waals surface area contributed by atoms with Crippen LogP contribution in [0.1, 0.15) is 24.5 Å². The molecule has 0 aliphatic heterocycles. The maximum Gasteiger partial charge on any atom is 0.244 e. The van der Waals surface area contributed by atoms with E-state index in [0.717, 1.165) is 26.2 Å². The molecule has 1 N–H and O–H groups in total. The van der Waals surface area contributed by atoms with Gasteiger partial charge < -0.3 is 10.2 Å². The number of benzene rings is 2. The Morgan fingerprint density at radius 2 is 1.71 bits per heavy atom. The molecule has 1 atom stereocenters. The van der Waals surface area contributed by atoms with E-state index >= 15 is 0 Å². The van der Waals surface area contributed by atoms with Crippen LogP contribution in [0.15, 0.2) is 53.0 Å². The third-order valence-corrected chi connectivity index (χ3v) is 6.70. The maximum absolute atomic E-state index is 13.4. The summed E-state index contributed by atoms with van der Waals surface area (Å²) in [4.78, 5) is 27.4. The van der Waals surface area contributed by atoms with Crippen LogP contribution in [-0.4, -0.2) is 51.0 Å². The highest BCUT2D eigenvalue weighted by molar-refractivity contribution is 9.10. The van der Waals surface area contributed by atoms with Gasteiger partial charge in [0, 0.05) is 18.1 Å². The molecule has 7 nitrogen and oxygen atoms in total. The molecule has 0 aromatic heterocycles. The number of carbonyl (C=O) groups is 2. The smallest absolute Gasteiger partial charge is 0.244 e. The summed E-state index contributed by atoms with van der Waals surface area (Å²) in [5.74, 6) is -0.744. The van der Waals surface area contributed by atoms with Gasteiger partial charge in [-0.05, 0) is 48.7 Å². The molecule has 0 aliphatic carbocycles. The van der Waals surface area contributed by atoms with Crippen LogP contribution in [0.3, 0.4) is 0 Å². The van der Waals surface area contributed by atoms with Gasteiger partial charge in [-0.3, -0.25) is 13.9 Å². The van der Waals surface area contributed by atoms with E-state index in [4.69, 9.17) is 0 Å². The van der Waals surface area contributed by atoms with Gasteiger partial charge in [-0.1, -0.05) is 47.1 Å². The van der Waals surface area contributed by atoms with Gasteiger partial charge in [-0.25, -0.2) is 8.42 Å². The Morgan fingerprint density at radius 1 is 1.10 bits per heavy atom. The second-order valence-corrected chi connectivity index (χ2v) is 10.1. The molecule has 31 heavy (non-hydrogen) atoms. The lowest BCUT2D eigenvalue weighted by atomic mass is 10.1. The minimum atomic E-state index is -3.73. The van der Waals surface area contributed by atoms with Gasteiger partial charge >= 0.3 is 0 Å². The molecule has 0 spiro atoms. The van der Waals surface area contributed by atoms with E-state index in [9.17, 15) is 18.0 Å². The molecular formula is C22H28BrN3O4S. The lowest BCUT2D eigenvalue weighted by Crippen LogP contribution is -2.51. The first-order chi connectivity index (χ1) is 14.6. The van der Waals surface area contributed by atoms with E-state index in [1.807, 2.05) is 38.1 Å². The standard InChI is InChI=1S/C22H28BrN3O4S/c1-5-20(22(28)24-3)25(14-17-9-7-6-8-16(17)2)21(27)15-26(31(4,29)30)19-12-10-18(23)11-13-19/h6-13,20H,5,14-15H2,1-4H3,(H,24,28). The van der Waals surface area contributed by atoms with Crippen LogP contribution >= 0.6 is 15.9 Å². The van der Waals surface area contributed by atoms with Gasteiger partial charge in [0.25, 0.3) is 0 Å². The van der Waals surface area contributed by atoms with Gasteiger partial charge in [-0.2, -0.15) is 0 Å². The molecule has 168 valence electrons. The topological polar surface area (TPSA) is 86.8 Å². The molecule has 2 aromatic rings. The number of rotatable bonds is 9. The Morgan fingerprint density at radius 3 is 2.23 bits per heavy atom. The van der Waals surface area contributed by atoms with Crippen molar-refractivity contribution in [1.29, 1.82) is 0 Å². The summed E-state index contributed by atoms with van der Waals surface area (Å²) in [6, 6.07) is 13.6. The molecule has 9 heteroatoms. The number of likely N-dealkylation sites (N-methyl/N-ethyl adjacent to an activating group) is 1. The molecular weight excluding hydrogens is 482 g/mol. The van der Waals surface area contributed by atoms with Crippen molar-refractivity contribution in [2.24, 2.45) is 0 Å². The number of amides is 2. The highest BCUT2D eigenvalue weighted by Gasteiger charge is 2.31. The van der Waals surface area contributed by atoms with E-state index in [2.05, 4.69) is 21.2 Å². The molecule has 2 amide bonds. The number of carbonyl (C=O) groups excluding carboxylic acids is 2. The maximum atomic E-state index is 13.4. The van der Waals surface area contributed by atoms with E-state index in [1.54, 1.807) is 24.3 Å². The molecule has 0 saturated heterocycles. The number of anilines is 1. The Labute approximate surface area is 192 Å². The van der Waals surface area contributed by atoms with Gasteiger partial charge in [0.2, 0.25) is 21.8 Å². The first-order valence-corrected chi connectivity index (χ1v) is 12.5. The van der Waals surface area contributed by atoms with Crippen LogP contribution in [0.5, 0.6) is 0 Å². The van der Waals surface area contributed by atoms with E-state index in [-0.39, 0.29) is 12.5 Å². The lowest BCUT2D eigenvalue weighted by Gasteiger charge is -2.33. The predicted octanol–water partition coefficient (Wildman–Crippen LogP) is 3.08. The van der Waals surface area contributed by atoms with Gasteiger partial charge in [0.1, 0.15) is 12.6 Å². The molecule has 0 aliphatic rings. The molecule has 0 radical (unpaired) electrons. The predicted molar refractivity (Wildman–Crippen MR) is 126 cm³/mol. The fraction of sp³-hybridized carbons (Fsp3) is 0.364. The van der Waals surface area contributed by atoms with Crippen LogP contribution in [0.2, 0.25) is 0 Å². The van der Waals surface area contributed by atoms with Crippen molar-refractivity contribution in [1.82, 2.24) is 10.2 Å². The van der Waals surface area contributed by atoms with Crippen molar-refractivity contribution in [3.8, 4) is 0 Å². The zero-order valence-electron chi connectivity index (χ0n) is 18.1. The van der Waals surface area contributed by atoms with Gasteiger partial charge in [0.15, 0.2) is 0 Å². The molecule has 2 aromatic carbocycles. The number of nitrogens with one attached hydrogen (secondary N) is 1. The first kappa shape index (κ1) is 24.9. The molecule has 0 heterocycles. The minimum Gasteiger partial charge on any atom is -0.357 e. The normalized spacial score (nSPS) is 12.2. The number of aryl methyl sites for hydroxylation is 1. The third-order valence-electron chi connectivity index (χ3n) is 5.03. The SMILES string of the molecule is CCC(C(=O)NC)N(Cc1ccccc1C)C(=O)CN(c1ccc(Br)cc1)S(C)(=O)=O. The largest absolute Gasteiger partial charge is 0.357 e. The Bertz CT molecular complexity index is 1030. The van der Waals surface area contributed by atoms with E-state index in [0.29, 0.717) is 12.1 Å². The van der Waals surface area contributed by atoms with Crippen molar-refractivity contribution < 1.29 is 18.0 Å². The monoisotopic (exact) mass is 509 g/mol. The summed E-state index contributed by atoms with van der Waals surface area (Å²) in [5.41, 5.74) is 2.26. The minimum absolute atomic E-state index is 0.204. The van der Waals surface area contributed by atoms with Crippen LogP contribution in [-0.2, 0) is 26.2 Å². The molecule has 0 bridgehead atoms. The summed E-state index contributed by atoms with van der Waals surface area (Å²) in [6.45, 7) is 3.56. The van der Waals surface area contributed by atoms with Crippen LogP contribution < -0.4 is 9.62 Å². The zero-order valence-corrected chi connectivity index (χ0v) is 20.5. The van der Waals surface area contributed by atoms with Crippen molar-refractivity contribution in [2.75, 3.05) is 24.2 Å². The van der Waals surface area contributed by atoms with Crippen molar-refractivity contribution in [3.05, 3.63) is 64.1 Å². The average molecular weight is 510 g/mol. The van der Waals surface area contributed by atoms with Gasteiger partial charge in [0.05, 0.1) is 11.9 Å². The lowest BCUT2D eigenvalue weighted by molar-refractivity contribution is -0.140. The average Bonchev–Trinajstić information content (AvgIpc) is 2.72. The molecule has 0 saturated carbocycles. The Balaban J connectivity index is 2.43. The fourth-order valence-electron chi connectivity index (χ4n) is 3.28. The van der Waals surface area contributed by atoms with E-state index in [1.165, 1.54) is 11.9 Å². The van der Waals surface area contributed by atoms with Crippen molar-refractivity contribution in [3.63, 3.8) is 0 Å². The molecule has 2 rings (SSSR count). The third kappa shape index (κ3) is 6.54. The number of sulfonamides is 1. The second kappa shape index (κ2) is 10.8. The van der Waals surface area contributed by atoms with Crippen molar-refractivity contribution >= 4 is 43.5 Å². The number of halogens is 1. The van der Waals surface area contributed by atoms with Gasteiger partial charge in [-0.15, -0.1) is 0 Å². The molecule has 1 unspecified atom stereocenters. The zero-order chi connectivity index (χ0) is 23.2. The summed E-state index contributed by atoms with van der Waals surface area (Å²) in [7, 11) is -2.21.